The number of benzene rings is 2. The number of carbonyl (C=O) groups excluding carboxylic acids is 1. The molecule has 140 valence electrons. The van der Waals surface area contributed by atoms with Gasteiger partial charge in [-0.05, 0) is 71.8 Å². The van der Waals surface area contributed by atoms with Crippen LogP contribution in [0.4, 0.5) is 5.69 Å². The zero-order valence-corrected chi connectivity index (χ0v) is 16.6. The van der Waals surface area contributed by atoms with Crippen LogP contribution in [0.25, 0.3) is 22.6 Å². The molecule has 0 atom stereocenters. The molecule has 0 spiro atoms. The van der Waals surface area contributed by atoms with Gasteiger partial charge in [0.15, 0.2) is 0 Å². The number of amides is 1. The number of carbonyl (C=O) groups is 1. The highest BCUT2D eigenvalue weighted by molar-refractivity contribution is 7.12. The van der Waals surface area contributed by atoms with Crippen LogP contribution >= 0.6 is 11.3 Å². The van der Waals surface area contributed by atoms with Crippen LogP contribution in [0.5, 0.6) is 0 Å². The number of nitrogens with zero attached hydrogens (tertiary/aromatic N) is 2. The fraction of sp³-hybridized carbons (Fsp3) is 0.136. The molecule has 5 nitrogen and oxygen atoms in total. The van der Waals surface area contributed by atoms with E-state index in [1.165, 1.54) is 11.3 Å². The van der Waals surface area contributed by atoms with Gasteiger partial charge in [0.1, 0.15) is 0 Å². The largest absolute Gasteiger partial charge is 0.421 e. The molecule has 0 aliphatic rings. The fourth-order valence-electron chi connectivity index (χ4n) is 3.10. The Morgan fingerprint density at radius 1 is 0.964 bits per heavy atom. The molecule has 4 aromatic rings. The normalized spacial score (nSPS) is 10.8. The van der Waals surface area contributed by atoms with E-state index in [4.69, 9.17) is 4.42 Å². The molecule has 0 bridgehead atoms. The van der Waals surface area contributed by atoms with Crippen molar-refractivity contribution in [1.82, 2.24) is 10.2 Å². The summed E-state index contributed by atoms with van der Waals surface area (Å²) in [7, 11) is 0. The average Bonchev–Trinajstić information content (AvgIpc) is 3.35. The maximum absolute atomic E-state index is 12.4. The molecule has 0 fully saturated rings. The number of aryl methyl sites for hydroxylation is 3. The van der Waals surface area contributed by atoms with Crippen molar-refractivity contribution < 1.29 is 9.21 Å². The molecule has 4 rings (SSSR count). The van der Waals surface area contributed by atoms with Crippen molar-refractivity contribution in [3.8, 4) is 22.6 Å². The van der Waals surface area contributed by atoms with Crippen LogP contribution in [-0.2, 0) is 0 Å². The van der Waals surface area contributed by atoms with E-state index < -0.39 is 0 Å². The molecule has 2 aromatic heterocycles. The highest BCUT2D eigenvalue weighted by Gasteiger charge is 2.12. The van der Waals surface area contributed by atoms with Gasteiger partial charge in [-0.2, -0.15) is 0 Å². The van der Waals surface area contributed by atoms with E-state index in [-0.39, 0.29) is 5.91 Å². The first-order chi connectivity index (χ1) is 13.5. The van der Waals surface area contributed by atoms with E-state index in [1.807, 2.05) is 47.8 Å². The van der Waals surface area contributed by atoms with Crippen molar-refractivity contribution in [3.05, 3.63) is 75.8 Å². The first-order valence-electron chi connectivity index (χ1n) is 8.88. The third-order valence-electron chi connectivity index (χ3n) is 4.53. The summed E-state index contributed by atoms with van der Waals surface area (Å²) < 4.78 is 5.52. The second-order valence-corrected chi connectivity index (χ2v) is 7.56. The van der Waals surface area contributed by atoms with Crippen LogP contribution < -0.4 is 5.32 Å². The Balaban J connectivity index is 1.66. The molecule has 1 N–H and O–H groups in total. The number of nitrogens with one attached hydrogen (secondary N) is 1. The Morgan fingerprint density at radius 2 is 1.82 bits per heavy atom. The van der Waals surface area contributed by atoms with Crippen molar-refractivity contribution in [1.29, 1.82) is 0 Å². The highest BCUT2D eigenvalue weighted by Crippen LogP contribution is 2.32. The molecule has 1 amide bonds. The maximum atomic E-state index is 12.4. The summed E-state index contributed by atoms with van der Waals surface area (Å²) in [4.78, 5) is 13.0. The number of hydrogen-bond donors (Lipinski definition) is 1. The van der Waals surface area contributed by atoms with Crippen LogP contribution in [0.1, 0.15) is 26.7 Å². The summed E-state index contributed by atoms with van der Waals surface area (Å²) in [5.41, 5.74) is 6.08. The third-order valence-corrected chi connectivity index (χ3v) is 5.40. The Kier molecular flexibility index (Phi) is 4.79. The monoisotopic (exact) mass is 389 g/mol. The smallest absolute Gasteiger partial charge is 0.265 e. The second-order valence-electron chi connectivity index (χ2n) is 6.62. The quantitative estimate of drug-likeness (QED) is 0.490. The molecule has 0 saturated carbocycles. The number of rotatable bonds is 4. The van der Waals surface area contributed by atoms with Gasteiger partial charge in [-0.15, -0.1) is 21.5 Å². The summed E-state index contributed by atoms with van der Waals surface area (Å²) in [6, 6.07) is 15.7. The molecule has 28 heavy (non-hydrogen) atoms. The lowest BCUT2D eigenvalue weighted by atomic mass is 9.94. The number of thiophene rings is 1. The number of aromatic nitrogens is 2. The van der Waals surface area contributed by atoms with Crippen LogP contribution in [0.3, 0.4) is 0 Å². The minimum absolute atomic E-state index is 0.0939. The lowest BCUT2D eigenvalue weighted by Gasteiger charge is -2.13. The molecule has 0 unspecified atom stereocenters. The Bertz CT molecular complexity index is 1150. The van der Waals surface area contributed by atoms with E-state index in [1.54, 1.807) is 6.92 Å². The SMILES string of the molecule is Cc1nnc(-c2ccc(-c3cc(NC(=O)c4cccs4)ccc3C)c(C)c2)o1. The second kappa shape index (κ2) is 7.40. The minimum Gasteiger partial charge on any atom is -0.421 e. The van der Waals surface area contributed by atoms with E-state index in [2.05, 4.69) is 35.4 Å². The Morgan fingerprint density at radius 3 is 2.50 bits per heavy atom. The van der Waals surface area contributed by atoms with E-state index in [0.29, 0.717) is 16.7 Å². The van der Waals surface area contributed by atoms with Gasteiger partial charge in [0.05, 0.1) is 4.88 Å². The zero-order valence-electron chi connectivity index (χ0n) is 15.8. The van der Waals surface area contributed by atoms with Gasteiger partial charge in [0, 0.05) is 18.2 Å². The molecule has 0 radical (unpaired) electrons. The van der Waals surface area contributed by atoms with Crippen molar-refractivity contribution in [3.63, 3.8) is 0 Å². The lowest BCUT2D eigenvalue weighted by molar-refractivity contribution is 0.103. The predicted octanol–water partition coefficient (Wildman–Crippen LogP) is 5.64. The van der Waals surface area contributed by atoms with Crippen molar-refractivity contribution in [2.75, 3.05) is 5.32 Å². The van der Waals surface area contributed by atoms with Crippen molar-refractivity contribution in [2.45, 2.75) is 20.8 Å². The Hall–Kier alpha value is -3.25. The number of anilines is 1. The van der Waals surface area contributed by atoms with Gasteiger partial charge in [-0.3, -0.25) is 4.79 Å². The van der Waals surface area contributed by atoms with Crippen LogP contribution in [0, 0.1) is 20.8 Å². The lowest BCUT2D eigenvalue weighted by Crippen LogP contribution is -2.10. The van der Waals surface area contributed by atoms with Gasteiger partial charge < -0.3 is 9.73 Å². The van der Waals surface area contributed by atoms with E-state index in [9.17, 15) is 4.79 Å². The predicted molar refractivity (Wildman–Crippen MR) is 112 cm³/mol. The first kappa shape index (κ1) is 18.1. The van der Waals surface area contributed by atoms with E-state index >= 15 is 0 Å². The van der Waals surface area contributed by atoms with Gasteiger partial charge in [0.2, 0.25) is 11.8 Å². The Labute approximate surface area is 167 Å². The summed E-state index contributed by atoms with van der Waals surface area (Å²) in [5.74, 6) is 0.964. The third kappa shape index (κ3) is 3.59. The topological polar surface area (TPSA) is 68.0 Å². The van der Waals surface area contributed by atoms with Gasteiger partial charge in [-0.25, -0.2) is 0 Å². The summed E-state index contributed by atoms with van der Waals surface area (Å²) in [5, 5.41) is 12.9. The summed E-state index contributed by atoms with van der Waals surface area (Å²) in [6.45, 7) is 5.89. The van der Waals surface area contributed by atoms with Crippen LogP contribution in [-0.4, -0.2) is 16.1 Å². The molecule has 0 saturated heterocycles. The molecule has 6 heteroatoms. The molecule has 0 aliphatic heterocycles. The van der Waals surface area contributed by atoms with Gasteiger partial charge in [-0.1, -0.05) is 18.2 Å². The average molecular weight is 389 g/mol. The highest BCUT2D eigenvalue weighted by atomic mass is 32.1. The molecule has 2 aromatic carbocycles. The molecule has 2 heterocycles. The fourth-order valence-corrected chi connectivity index (χ4v) is 3.72. The standard InChI is InChI=1S/C22H19N3O2S/c1-13-6-8-17(23-21(26)20-5-4-10-28-20)12-19(13)18-9-7-16(11-14(18)2)22-25-24-15(3)27-22/h4-12H,1-3H3,(H,23,26). The number of hydrogen-bond acceptors (Lipinski definition) is 5. The first-order valence-corrected chi connectivity index (χ1v) is 9.76. The van der Waals surface area contributed by atoms with Crippen molar-refractivity contribution in [2.24, 2.45) is 0 Å². The van der Waals surface area contributed by atoms with Gasteiger partial charge >= 0.3 is 0 Å². The molecular formula is C22H19N3O2S. The summed E-state index contributed by atoms with van der Waals surface area (Å²) in [6.07, 6.45) is 0. The van der Waals surface area contributed by atoms with Crippen LogP contribution in [0.15, 0.2) is 58.3 Å². The van der Waals surface area contributed by atoms with E-state index in [0.717, 1.165) is 33.5 Å². The zero-order chi connectivity index (χ0) is 19.7. The van der Waals surface area contributed by atoms with Gasteiger partial charge in [0.25, 0.3) is 5.91 Å². The summed E-state index contributed by atoms with van der Waals surface area (Å²) >= 11 is 1.43. The van der Waals surface area contributed by atoms with Crippen LogP contribution in [0.2, 0.25) is 0 Å². The van der Waals surface area contributed by atoms with Crippen molar-refractivity contribution >= 4 is 22.9 Å². The molecular weight excluding hydrogens is 370 g/mol. The molecule has 0 aliphatic carbocycles. The maximum Gasteiger partial charge on any atom is 0.265 e. The minimum atomic E-state index is -0.0939.